The number of thiophene rings is 1. The molecule has 0 spiro atoms. The van der Waals surface area contributed by atoms with Crippen LogP contribution in [0.3, 0.4) is 0 Å². The topological polar surface area (TPSA) is 94.9 Å². The third kappa shape index (κ3) is 2.70. The van der Waals surface area contributed by atoms with E-state index in [-0.39, 0.29) is 17.9 Å². The molecule has 0 bridgehead atoms. The molecule has 0 aromatic carbocycles. The molecule has 1 aliphatic heterocycles. The molecule has 1 aromatic heterocycles. The number of carbonyl (C=O) groups is 1. The Kier molecular flexibility index (Phi) is 4.03. The summed E-state index contributed by atoms with van der Waals surface area (Å²) in [6.45, 7) is 1.47. The zero-order valence-electron chi connectivity index (χ0n) is 9.91. The molecule has 0 unspecified atom stereocenters. The first-order chi connectivity index (χ1) is 8.73. The highest BCUT2D eigenvalue weighted by Crippen LogP contribution is 2.34. The van der Waals surface area contributed by atoms with Gasteiger partial charge in [-0.3, -0.25) is 4.79 Å². The van der Waals surface area contributed by atoms with Crippen LogP contribution in [0.2, 0.25) is 0 Å². The highest BCUT2D eigenvalue weighted by molar-refractivity contribution is 9.11. The maximum Gasteiger partial charge on any atom is 0.322 e. The number of carboxylic acids is 1. The van der Waals surface area contributed by atoms with Gasteiger partial charge in [-0.15, -0.1) is 11.3 Å². The number of hydrogen-bond donors (Lipinski definition) is 2. The summed E-state index contributed by atoms with van der Waals surface area (Å²) in [6, 6.07) is 0.247. The smallest absolute Gasteiger partial charge is 0.322 e. The highest BCUT2D eigenvalue weighted by atomic mass is 79.9. The summed E-state index contributed by atoms with van der Waals surface area (Å²) in [4.78, 5) is 11.8. The lowest BCUT2D eigenvalue weighted by Gasteiger charge is -2.20. The SMILES string of the molecule is Cc1sc(Br)cc1S(=O)(=O)N1C[C@H](O)C[C@@H]1C(=O)O. The number of aryl methyl sites for hydroxylation is 1. The number of carboxylic acid groups (broad SMARTS) is 1. The molecular formula is C10H12BrNO5S2. The summed E-state index contributed by atoms with van der Waals surface area (Å²) in [5.41, 5.74) is 0. The van der Waals surface area contributed by atoms with Crippen molar-refractivity contribution < 1.29 is 23.4 Å². The molecule has 2 atom stereocenters. The van der Waals surface area contributed by atoms with Crippen LogP contribution in [0.15, 0.2) is 14.7 Å². The molecule has 0 radical (unpaired) electrons. The van der Waals surface area contributed by atoms with E-state index in [2.05, 4.69) is 15.9 Å². The van der Waals surface area contributed by atoms with Gasteiger partial charge in [-0.2, -0.15) is 4.31 Å². The Balaban J connectivity index is 2.44. The normalized spacial score (nSPS) is 24.8. The molecule has 19 heavy (non-hydrogen) atoms. The predicted octanol–water partition coefficient (Wildman–Crippen LogP) is 1.03. The Bertz CT molecular complexity index is 611. The van der Waals surface area contributed by atoms with Crippen LogP contribution in [-0.2, 0) is 14.8 Å². The number of hydrogen-bond acceptors (Lipinski definition) is 5. The molecular weight excluding hydrogens is 358 g/mol. The zero-order valence-corrected chi connectivity index (χ0v) is 13.1. The highest BCUT2D eigenvalue weighted by Gasteiger charge is 2.44. The maximum absolute atomic E-state index is 12.5. The molecule has 0 aliphatic carbocycles. The minimum atomic E-state index is -3.90. The summed E-state index contributed by atoms with van der Waals surface area (Å²) in [7, 11) is -3.90. The van der Waals surface area contributed by atoms with Crippen molar-refractivity contribution >= 4 is 43.3 Å². The number of nitrogens with zero attached hydrogens (tertiary/aromatic N) is 1. The molecule has 106 valence electrons. The fraction of sp³-hybridized carbons (Fsp3) is 0.500. The number of halogens is 1. The predicted molar refractivity (Wildman–Crippen MR) is 72.7 cm³/mol. The average molecular weight is 370 g/mol. The summed E-state index contributed by atoms with van der Waals surface area (Å²) < 4.78 is 26.5. The fourth-order valence-corrected chi connectivity index (χ4v) is 6.10. The second kappa shape index (κ2) is 5.13. The lowest BCUT2D eigenvalue weighted by Crippen LogP contribution is -2.40. The number of aliphatic hydroxyl groups is 1. The first kappa shape index (κ1) is 14.9. The summed E-state index contributed by atoms with van der Waals surface area (Å²) in [6.07, 6.45) is -1.03. The van der Waals surface area contributed by atoms with E-state index in [1.54, 1.807) is 6.92 Å². The molecule has 2 rings (SSSR count). The largest absolute Gasteiger partial charge is 0.480 e. The number of rotatable bonds is 3. The van der Waals surface area contributed by atoms with Gasteiger partial charge in [-0.1, -0.05) is 0 Å². The first-order valence-electron chi connectivity index (χ1n) is 5.42. The van der Waals surface area contributed by atoms with Crippen LogP contribution in [0.4, 0.5) is 0 Å². The van der Waals surface area contributed by atoms with Gasteiger partial charge in [0.05, 0.1) is 14.8 Å². The van der Waals surface area contributed by atoms with E-state index in [0.717, 1.165) is 4.31 Å². The van der Waals surface area contributed by atoms with E-state index in [1.165, 1.54) is 17.4 Å². The quantitative estimate of drug-likeness (QED) is 0.829. The van der Waals surface area contributed by atoms with E-state index in [9.17, 15) is 18.3 Å². The Labute approximate surface area is 122 Å². The Morgan fingerprint density at radius 2 is 2.21 bits per heavy atom. The summed E-state index contributed by atoms with van der Waals surface area (Å²) >= 11 is 4.48. The number of β-amino-alcohol motifs (C(OH)–C–C–N with tert-alkyl or cyclic N) is 1. The Hall–Kier alpha value is -0.480. The van der Waals surface area contributed by atoms with E-state index >= 15 is 0 Å². The standard InChI is InChI=1S/C10H12BrNO5S2/c1-5-8(3-9(11)18-5)19(16,17)12-4-6(13)2-7(12)10(14)15/h3,6-7,13H,2,4H2,1H3,(H,14,15)/t6-,7-/m1/s1. The molecule has 6 nitrogen and oxygen atoms in total. The lowest BCUT2D eigenvalue weighted by molar-refractivity contribution is -0.140. The van der Waals surface area contributed by atoms with Crippen molar-refractivity contribution in [3.05, 3.63) is 14.7 Å². The second-order valence-corrected chi connectivity index (χ2v) is 8.78. The summed E-state index contributed by atoms with van der Waals surface area (Å²) in [5.74, 6) is -1.24. The zero-order chi connectivity index (χ0) is 14.4. The van der Waals surface area contributed by atoms with Crippen LogP contribution >= 0.6 is 27.3 Å². The molecule has 9 heteroatoms. The minimum absolute atomic E-state index is 0.0844. The van der Waals surface area contributed by atoms with Gasteiger partial charge in [-0.25, -0.2) is 8.42 Å². The van der Waals surface area contributed by atoms with Crippen molar-refractivity contribution in [3.63, 3.8) is 0 Å². The summed E-state index contributed by atoms with van der Waals surface area (Å²) in [5, 5.41) is 18.6. The van der Waals surface area contributed by atoms with Gasteiger partial charge in [0.1, 0.15) is 6.04 Å². The van der Waals surface area contributed by atoms with Crippen LogP contribution in [-0.4, -0.2) is 47.6 Å². The van der Waals surface area contributed by atoms with Crippen molar-refractivity contribution in [2.75, 3.05) is 6.54 Å². The molecule has 1 aliphatic rings. The van der Waals surface area contributed by atoms with Crippen LogP contribution in [0.5, 0.6) is 0 Å². The monoisotopic (exact) mass is 369 g/mol. The molecule has 1 aromatic rings. The van der Waals surface area contributed by atoms with Gasteiger partial charge in [0.25, 0.3) is 0 Å². The number of aliphatic carboxylic acids is 1. The Morgan fingerprint density at radius 3 is 2.68 bits per heavy atom. The minimum Gasteiger partial charge on any atom is -0.480 e. The maximum atomic E-state index is 12.5. The van der Waals surface area contributed by atoms with Crippen LogP contribution < -0.4 is 0 Å². The van der Waals surface area contributed by atoms with Crippen LogP contribution in [0.25, 0.3) is 0 Å². The van der Waals surface area contributed by atoms with Crippen LogP contribution in [0.1, 0.15) is 11.3 Å². The third-order valence-corrected chi connectivity index (χ3v) is 6.63. The molecule has 2 N–H and O–H groups in total. The van der Waals surface area contributed by atoms with Crippen LogP contribution in [0, 0.1) is 6.92 Å². The number of sulfonamides is 1. The molecule has 2 heterocycles. The van der Waals surface area contributed by atoms with Gasteiger partial charge in [0.15, 0.2) is 0 Å². The van der Waals surface area contributed by atoms with Gasteiger partial charge in [0, 0.05) is 17.8 Å². The molecule has 1 fully saturated rings. The van der Waals surface area contributed by atoms with Crippen molar-refractivity contribution in [3.8, 4) is 0 Å². The van der Waals surface area contributed by atoms with Gasteiger partial charge >= 0.3 is 5.97 Å². The van der Waals surface area contributed by atoms with Gasteiger partial charge in [-0.05, 0) is 28.9 Å². The van der Waals surface area contributed by atoms with Crippen molar-refractivity contribution in [2.24, 2.45) is 0 Å². The Morgan fingerprint density at radius 1 is 1.58 bits per heavy atom. The van der Waals surface area contributed by atoms with E-state index in [0.29, 0.717) is 8.66 Å². The van der Waals surface area contributed by atoms with E-state index in [4.69, 9.17) is 5.11 Å². The molecule has 1 saturated heterocycles. The van der Waals surface area contributed by atoms with Gasteiger partial charge in [0.2, 0.25) is 10.0 Å². The second-order valence-electron chi connectivity index (χ2n) is 4.29. The lowest BCUT2D eigenvalue weighted by atomic mass is 10.2. The third-order valence-electron chi connectivity index (χ3n) is 2.95. The van der Waals surface area contributed by atoms with Crippen molar-refractivity contribution in [1.82, 2.24) is 4.31 Å². The van der Waals surface area contributed by atoms with E-state index in [1.807, 2.05) is 0 Å². The molecule has 0 amide bonds. The van der Waals surface area contributed by atoms with Gasteiger partial charge < -0.3 is 10.2 Å². The number of aliphatic hydroxyl groups excluding tert-OH is 1. The average Bonchev–Trinajstić information content (AvgIpc) is 2.82. The van der Waals surface area contributed by atoms with Crippen molar-refractivity contribution in [2.45, 2.75) is 30.4 Å². The fourth-order valence-electron chi connectivity index (χ4n) is 2.09. The molecule has 0 saturated carbocycles. The first-order valence-corrected chi connectivity index (χ1v) is 8.47. The van der Waals surface area contributed by atoms with Crippen molar-refractivity contribution in [1.29, 1.82) is 0 Å². The van der Waals surface area contributed by atoms with E-state index < -0.39 is 28.1 Å².